The van der Waals surface area contributed by atoms with Gasteiger partial charge in [0.1, 0.15) is 16.6 Å². The number of phenolic OH excluding ortho intramolecular Hbond substituents is 1. The Morgan fingerprint density at radius 3 is 2.25 bits per heavy atom. The number of rotatable bonds is 6. The second-order valence-corrected chi connectivity index (χ2v) is 10.2. The summed E-state index contributed by atoms with van der Waals surface area (Å²) in [5, 5.41) is 12.8. The molecule has 2 N–H and O–H groups in total. The van der Waals surface area contributed by atoms with Crippen molar-refractivity contribution in [1.29, 1.82) is 0 Å². The number of halogens is 1. The largest absolute Gasteiger partial charge is 0.508 e. The highest BCUT2D eigenvalue weighted by Gasteiger charge is 2.51. The first-order valence-electron chi connectivity index (χ1n) is 12.1. The van der Waals surface area contributed by atoms with E-state index in [-0.39, 0.29) is 5.91 Å². The quantitative estimate of drug-likeness (QED) is 0.416. The van der Waals surface area contributed by atoms with Gasteiger partial charge in [-0.2, -0.15) is 0 Å². The van der Waals surface area contributed by atoms with Gasteiger partial charge in [-0.1, -0.05) is 30.7 Å². The summed E-state index contributed by atoms with van der Waals surface area (Å²) < 4.78 is 1.70. The van der Waals surface area contributed by atoms with Crippen molar-refractivity contribution in [2.45, 2.75) is 19.9 Å². The number of carbonyl (C=O) groups is 1. The Bertz CT molecular complexity index is 1420. The van der Waals surface area contributed by atoms with Crippen LogP contribution in [0.2, 0.25) is 5.15 Å². The average molecular weight is 503 g/mol. The number of hydrogen-bond donors (Lipinski definition) is 2. The lowest BCUT2D eigenvalue weighted by atomic mass is 9.72. The van der Waals surface area contributed by atoms with Crippen molar-refractivity contribution in [3.05, 3.63) is 83.0 Å². The highest BCUT2D eigenvalue weighted by Crippen LogP contribution is 2.43. The van der Waals surface area contributed by atoms with E-state index in [1.807, 2.05) is 19.1 Å². The second kappa shape index (κ2) is 8.71. The van der Waals surface area contributed by atoms with Crippen molar-refractivity contribution >= 4 is 34.5 Å². The third-order valence-corrected chi connectivity index (χ3v) is 7.37. The molecule has 2 fully saturated rings. The Morgan fingerprint density at radius 2 is 1.64 bits per heavy atom. The molecule has 2 aromatic heterocycles. The molecule has 0 aliphatic carbocycles. The monoisotopic (exact) mass is 502 g/mol. The molecule has 0 unspecified atom stereocenters. The summed E-state index contributed by atoms with van der Waals surface area (Å²) in [7, 11) is 0. The summed E-state index contributed by atoms with van der Waals surface area (Å²) in [4.78, 5) is 26.3. The minimum absolute atomic E-state index is 0.182. The number of anilines is 2. The predicted molar refractivity (Wildman–Crippen MR) is 140 cm³/mol. The first-order valence-corrected chi connectivity index (χ1v) is 12.5. The number of imidazole rings is 1. The molecule has 4 heterocycles. The van der Waals surface area contributed by atoms with Crippen molar-refractivity contribution < 1.29 is 9.90 Å². The van der Waals surface area contributed by atoms with Crippen LogP contribution in [0.5, 0.6) is 5.75 Å². The highest BCUT2D eigenvalue weighted by atomic mass is 35.5. The van der Waals surface area contributed by atoms with Crippen LogP contribution in [0.3, 0.4) is 0 Å². The van der Waals surface area contributed by atoms with Crippen molar-refractivity contribution in [2.75, 3.05) is 36.0 Å². The van der Waals surface area contributed by atoms with Gasteiger partial charge in [0, 0.05) is 55.7 Å². The molecule has 0 saturated carbocycles. The van der Waals surface area contributed by atoms with E-state index in [1.54, 1.807) is 28.9 Å². The van der Waals surface area contributed by atoms with Crippen molar-refractivity contribution in [3.63, 3.8) is 0 Å². The summed E-state index contributed by atoms with van der Waals surface area (Å²) >= 11 is 6.04. The lowest BCUT2D eigenvalue weighted by Gasteiger charge is -2.61. The van der Waals surface area contributed by atoms with Crippen LogP contribution in [0.1, 0.15) is 28.7 Å². The number of aryl methyl sites for hydroxylation is 1. The van der Waals surface area contributed by atoms with Crippen LogP contribution in [0.25, 0.3) is 5.65 Å². The number of hydrogen-bond acceptors (Lipinski definition) is 6. The molecule has 9 heteroatoms. The molecule has 0 radical (unpaired) electrons. The zero-order valence-electron chi connectivity index (χ0n) is 20.0. The van der Waals surface area contributed by atoms with Crippen LogP contribution in [0.4, 0.5) is 11.4 Å². The van der Waals surface area contributed by atoms with Gasteiger partial charge in [0.15, 0.2) is 5.65 Å². The molecule has 184 valence electrons. The first-order chi connectivity index (χ1) is 17.4. The third kappa shape index (κ3) is 4.01. The van der Waals surface area contributed by atoms with E-state index >= 15 is 0 Å². The summed E-state index contributed by atoms with van der Waals surface area (Å²) in [5.41, 5.74) is 5.59. The third-order valence-electron chi connectivity index (χ3n) is 7.17. The molecule has 2 saturated heterocycles. The summed E-state index contributed by atoms with van der Waals surface area (Å²) in [6.45, 7) is 6.58. The van der Waals surface area contributed by atoms with Gasteiger partial charge in [0.2, 0.25) is 0 Å². The van der Waals surface area contributed by atoms with Crippen LogP contribution in [0, 0.1) is 5.41 Å². The van der Waals surface area contributed by atoms with Gasteiger partial charge in [-0.15, -0.1) is 0 Å². The van der Waals surface area contributed by atoms with E-state index in [9.17, 15) is 9.90 Å². The van der Waals surface area contributed by atoms with Crippen molar-refractivity contribution in [1.82, 2.24) is 19.7 Å². The van der Waals surface area contributed by atoms with Crippen LogP contribution in [0.15, 0.2) is 60.9 Å². The predicted octanol–water partition coefficient (Wildman–Crippen LogP) is 3.91. The Labute approximate surface area is 214 Å². The molecule has 8 nitrogen and oxygen atoms in total. The van der Waals surface area contributed by atoms with Gasteiger partial charge >= 0.3 is 0 Å². The molecule has 1 amide bonds. The minimum Gasteiger partial charge on any atom is -0.508 e. The van der Waals surface area contributed by atoms with Crippen molar-refractivity contribution in [2.24, 2.45) is 5.41 Å². The molecule has 2 aromatic carbocycles. The molecular weight excluding hydrogens is 476 g/mol. The Morgan fingerprint density at radius 1 is 1.03 bits per heavy atom. The maximum absolute atomic E-state index is 13.0. The highest BCUT2D eigenvalue weighted by molar-refractivity contribution is 6.29. The lowest BCUT2D eigenvalue weighted by Crippen LogP contribution is -2.72. The van der Waals surface area contributed by atoms with E-state index < -0.39 is 0 Å². The molecule has 0 bridgehead atoms. The van der Waals surface area contributed by atoms with Gasteiger partial charge in [0.05, 0.1) is 11.9 Å². The second-order valence-electron chi connectivity index (χ2n) is 9.78. The van der Waals surface area contributed by atoms with E-state index in [0.29, 0.717) is 40.6 Å². The number of aromatic hydroxyl groups is 1. The molecular formula is C27H27ClN6O2. The normalized spacial score (nSPS) is 16.2. The number of benzene rings is 2. The van der Waals surface area contributed by atoms with Gasteiger partial charge in [-0.05, 0) is 48.4 Å². The van der Waals surface area contributed by atoms with E-state index in [4.69, 9.17) is 11.6 Å². The van der Waals surface area contributed by atoms with E-state index in [2.05, 4.69) is 49.4 Å². The molecule has 36 heavy (non-hydrogen) atoms. The Kier molecular flexibility index (Phi) is 5.48. The van der Waals surface area contributed by atoms with Crippen LogP contribution < -0.4 is 15.1 Å². The van der Waals surface area contributed by atoms with Gasteiger partial charge in [0.25, 0.3) is 5.91 Å². The van der Waals surface area contributed by atoms with Gasteiger partial charge in [-0.25, -0.2) is 9.97 Å². The van der Waals surface area contributed by atoms with Gasteiger partial charge in [-0.3, -0.25) is 9.20 Å². The summed E-state index contributed by atoms with van der Waals surface area (Å²) in [6, 6.07) is 15.8. The summed E-state index contributed by atoms with van der Waals surface area (Å²) in [6.07, 6.45) is 3.84. The number of amides is 1. The maximum atomic E-state index is 13.0. The molecule has 1 spiro atoms. The minimum atomic E-state index is -0.182. The number of nitrogens with zero attached hydrogens (tertiary/aromatic N) is 5. The molecule has 6 rings (SSSR count). The van der Waals surface area contributed by atoms with Crippen LogP contribution in [-0.4, -0.2) is 51.6 Å². The fraction of sp³-hybridized carbons (Fsp3) is 0.296. The zero-order chi connectivity index (χ0) is 24.9. The van der Waals surface area contributed by atoms with Crippen LogP contribution in [-0.2, 0) is 13.0 Å². The first kappa shape index (κ1) is 22.7. The topological polar surface area (TPSA) is 86.0 Å². The SMILES string of the molecule is CCc1nc2cnc(Cl)cn2c1C(=O)NCc1ccc(N2CC3(CN(c4ccc(O)cc4)C3)C2)cc1. The van der Waals surface area contributed by atoms with E-state index in [1.165, 1.54) is 5.69 Å². The molecule has 2 aliphatic heterocycles. The van der Waals surface area contributed by atoms with Gasteiger partial charge < -0.3 is 20.2 Å². The van der Waals surface area contributed by atoms with Crippen LogP contribution >= 0.6 is 11.6 Å². The Hall–Kier alpha value is -3.78. The fourth-order valence-electron chi connectivity index (χ4n) is 5.31. The standard InChI is InChI=1S/C27H27ClN6O2/c1-2-22-25(34-13-23(28)29-12-24(34)31-22)26(36)30-11-18-3-5-19(6-4-18)32-14-27(15-32)16-33(17-27)20-7-9-21(35)10-8-20/h3-10,12-13,35H,2,11,14-17H2,1H3,(H,30,36). The number of fused-ring (bicyclic) bond motifs is 1. The van der Waals surface area contributed by atoms with E-state index in [0.717, 1.165) is 43.1 Å². The molecule has 4 aromatic rings. The number of phenols is 1. The average Bonchev–Trinajstić information content (AvgIpc) is 3.20. The summed E-state index contributed by atoms with van der Waals surface area (Å²) in [5.74, 6) is 0.119. The Balaban J connectivity index is 1.04. The molecule has 0 atom stereocenters. The smallest absolute Gasteiger partial charge is 0.270 e. The van der Waals surface area contributed by atoms with Crippen molar-refractivity contribution in [3.8, 4) is 5.75 Å². The zero-order valence-corrected chi connectivity index (χ0v) is 20.7. The fourth-order valence-corrected chi connectivity index (χ4v) is 5.46. The molecule has 2 aliphatic rings. The lowest BCUT2D eigenvalue weighted by molar-refractivity contribution is 0.0944. The number of carbonyl (C=O) groups excluding carboxylic acids is 1. The number of aromatic nitrogens is 3. The number of nitrogens with one attached hydrogen (secondary N) is 1. The maximum Gasteiger partial charge on any atom is 0.270 e.